The summed E-state index contributed by atoms with van der Waals surface area (Å²) in [5.41, 5.74) is 0. The molecule has 0 aromatic heterocycles. The Hall–Kier alpha value is 0.270. The average Bonchev–Trinajstić information content (AvgIpc) is 2.46. The third-order valence-electron chi connectivity index (χ3n) is 4.40. The summed E-state index contributed by atoms with van der Waals surface area (Å²) >= 11 is 2.18. The fraction of sp³-hybridized carbons (Fsp3) is 1.00. The van der Waals surface area contributed by atoms with Crippen molar-refractivity contribution in [3.8, 4) is 0 Å². The molecule has 0 bridgehead atoms. The van der Waals surface area contributed by atoms with Crippen molar-refractivity contribution in [2.24, 2.45) is 0 Å². The molecule has 2 unspecified atom stereocenters. The molecule has 1 fully saturated rings. The van der Waals surface area contributed by atoms with Crippen LogP contribution in [0.15, 0.2) is 0 Å². The highest BCUT2D eigenvalue weighted by Crippen LogP contribution is 2.26. The maximum Gasteiger partial charge on any atom is 0.0470 e. The van der Waals surface area contributed by atoms with Gasteiger partial charge in [0, 0.05) is 25.0 Å². The lowest BCUT2D eigenvalue weighted by Crippen LogP contribution is -2.36. The van der Waals surface area contributed by atoms with Gasteiger partial charge in [0.25, 0.3) is 0 Å². The van der Waals surface area contributed by atoms with Crippen LogP contribution in [0, 0.1) is 0 Å². The molecule has 0 spiro atoms. The Morgan fingerprint density at radius 3 is 2.15 bits per heavy atom. The first-order chi connectivity index (χ1) is 9.88. The number of ether oxygens (including phenoxy) is 1. The molecule has 1 N–H and O–H groups in total. The van der Waals surface area contributed by atoms with E-state index in [1.54, 1.807) is 7.11 Å². The minimum atomic E-state index is 0.710. The number of thioether (sulfide) groups is 1. The van der Waals surface area contributed by atoms with Gasteiger partial charge in [0.05, 0.1) is 0 Å². The zero-order valence-corrected chi connectivity index (χ0v) is 14.5. The zero-order valence-electron chi connectivity index (χ0n) is 13.7. The molecule has 0 aromatic carbocycles. The Bertz CT molecular complexity index is 211. The van der Waals surface area contributed by atoms with Crippen molar-refractivity contribution in [2.45, 2.75) is 81.9 Å². The number of methoxy groups -OCH3 is 1. The first-order valence-electron chi connectivity index (χ1n) is 8.66. The lowest BCUT2D eigenvalue weighted by molar-refractivity contribution is 0.200. The van der Waals surface area contributed by atoms with Gasteiger partial charge in [-0.2, -0.15) is 11.8 Å². The predicted octanol–water partition coefficient (Wildman–Crippen LogP) is 4.63. The van der Waals surface area contributed by atoms with E-state index in [9.17, 15) is 0 Å². The van der Waals surface area contributed by atoms with Crippen molar-refractivity contribution in [3.05, 3.63) is 0 Å². The fourth-order valence-electron chi connectivity index (χ4n) is 3.13. The predicted molar refractivity (Wildman–Crippen MR) is 91.8 cm³/mol. The summed E-state index contributed by atoms with van der Waals surface area (Å²) in [6.45, 7) is 0.907. The molecule has 1 rings (SSSR count). The summed E-state index contributed by atoms with van der Waals surface area (Å²) < 4.78 is 5.17. The molecule has 3 heteroatoms. The molecule has 1 aliphatic rings. The van der Waals surface area contributed by atoms with Crippen LogP contribution in [0.2, 0.25) is 0 Å². The highest BCUT2D eigenvalue weighted by atomic mass is 32.2. The summed E-state index contributed by atoms with van der Waals surface area (Å²) in [6, 6.07) is 0.710. The first kappa shape index (κ1) is 18.3. The molecule has 0 saturated heterocycles. The highest BCUT2D eigenvalue weighted by Gasteiger charge is 2.20. The number of nitrogens with one attached hydrogen (secondary N) is 1. The summed E-state index contributed by atoms with van der Waals surface area (Å²) in [7, 11) is 3.95. The van der Waals surface area contributed by atoms with Gasteiger partial charge >= 0.3 is 0 Å². The van der Waals surface area contributed by atoms with E-state index in [1.165, 1.54) is 76.4 Å². The van der Waals surface area contributed by atoms with Crippen LogP contribution in [0.4, 0.5) is 0 Å². The maximum absolute atomic E-state index is 5.17. The van der Waals surface area contributed by atoms with Gasteiger partial charge < -0.3 is 10.1 Å². The Morgan fingerprint density at radius 1 is 0.950 bits per heavy atom. The van der Waals surface area contributed by atoms with Gasteiger partial charge in [-0.3, -0.25) is 0 Å². The van der Waals surface area contributed by atoms with Crippen molar-refractivity contribution in [3.63, 3.8) is 0 Å². The quantitative estimate of drug-likeness (QED) is 0.723. The van der Waals surface area contributed by atoms with Crippen LogP contribution in [-0.2, 0) is 4.74 Å². The number of hydrogen-bond donors (Lipinski definition) is 1. The molecule has 1 saturated carbocycles. The van der Waals surface area contributed by atoms with Gasteiger partial charge in [-0.15, -0.1) is 0 Å². The second-order valence-electron chi connectivity index (χ2n) is 6.06. The van der Waals surface area contributed by atoms with Crippen LogP contribution < -0.4 is 5.32 Å². The molecule has 0 aromatic rings. The second-order valence-corrected chi connectivity index (χ2v) is 7.40. The topological polar surface area (TPSA) is 21.3 Å². The molecule has 0 amide bonds. The minimum absolute atomic E-state index is 0.710. The molecule has 2 atom stereocenters. The van der Waals surface area contributed by atoms with Crippen LogP contribution in [0.25, 0.3) is 0 Å². The third kappa shape index (κ3) is 8.53. The van der Waals surface area contributed by atoms with E-state index < -0.39 is 0 Å². The largest absolute Gasteiger partial charge is 0.385 e. The van der Waals surface area contributed by atoms with Crippen molar-refractivity contribution >= 4 is 11.8 Å². The minimum Gasteiger partial charge on any atom is -0.385 e. The van der Waals surface area contributed by atoms with E-state index in [-0.39, 0.29) is 0 Å². The molecule has 2 nitrogen and oxygen atoms in total. The van der Waals surface area contributed by atoms with Crippen LogP contribution in [-0.4, -0.2) is 37.8 Å². The SMILES string of the molecule is CNC1CCCCCCCCCCC1SCCCOC. The highest BCUT2D eigenvalue weighted by molar-refractivity contribution is 7.99. The van der Waals surface area contributed by atoms with Crippen LogP contribution in [0.5, 0.6) is 0 Å². The Balaban J connectivity index is 2.38. The Labute approximate surface area is 130 Å². The molecular weight excluding hydrogens is 266 g/mol. The fourth-order valence-corrected chi connectivity index (χ4v) is 4.55. The summed E-state index contributed by atoms with van der Waals surface area (Å²) in [4.78, 5) is 0. The van der Waals surface area contributed by atoms with E-state index in [0.717, 1.165) is 11.9 Å². The average molecular weight is 302 g/mol. The second kappa shape index (κ2) is 13.0. The molecule has 120 valence electrons. The van der Waals surface area contributed by atoms with Crippen LogP contribution >= 0.6 is 11.8 Å². The van der Waals surface area contributed by atoms with E-state index in [1.807, 2.05) is 0 Å². The summed E-state index contributed by atoms with van der Waals surface area (Å²) in [5, 5.41) is 4.40. The molecule has 0 heterocycles. The monoisotopic (exact) mass is 301 g/mol. The van der Waals surface area contributed by atoms with Crippen LogP contribution in [0.1, 0.15) is 70.6 Å². The third-order valence-corrected chi connectivity index (χ3v) is 5.91. The van der Waals surface area contributed by atoms with Gasteiger partial charge in [0.15, 0.2) is 0 Å². The van der Waals surface area contributed by atoms with Gasteiger partial charge in [0.1, 0.15) is 0 Å². The van der Waals surface area contributed by atoms with Gasteiger partial charge in [0.2, 0.25) is 0 Å². The van der Waals surface area contributed by atoms with E-state index in [2.05, 4.69) is 24.1 Å². The van der Waals surface area contributed by atoms with E-state index in [0.29, 0.717) is 6.04 Å². The molecule has 20 heavy (non-hydrogen) atoms. The van der Waals surface area contributed by atoms with Crippen molar-refractivity contribution < 1.29 is 4.74 Å². The molecule has 1 aliphatic carbocycles. The lowest BCUT2D eigenvalue weighted by atomic mass is 9.97. The smallest absolute Gasteiger partial charge is 0.0470 e. The Kier molecular flexibility index (Phi) is 11.9. The van der Waals surface area contributed by atoms with Crippen LogP contribution in [0.3, 0.4) is 0 Å². The number of hydrogen-bond acceptors (Lipinski definition) is 3. The first-order valence-corrected chi connectivity index (χ1v) is 9.71. The Morgan fingerprint density at radius 2 is 1.55 bits per heavy atom. The van der Waals surface area contributed by atoms with Crippen molar-refractivity contribution in [1.29, 1.82) is 0 Å². The molecule has 0 aliphatic heterocycles. The zero-order chi connectivity index (χ0) is 14.5. The van der Waals surface area contributed by atoms with Crippen molar-refractivity contribution in [1.82, 2.24) is 5.32 Å². The number of rotatable bonds is 6. The maximum atomic E-state index is 5.17. The van der Waals surface area contributed by atoms with Crippen molar-refractivity contribution in [2.75, 3.05) is 26.5 Å². The van der Waals surface area contributed by atoms with Gasteiger partial charge in [-0.1, -0.05) is 51.4 Å². The summed E-state index contributed by atoms with van der Waals surface area (Å²) in [5.74, 6) is 1.25. The van der Waals surface area contributed by atoms with Gasteiger partial charge in [-0.25, -0.2) is 0 Å². The normalized spacial score (nSPS) is 26.7. The molecular formula is C17H35NOS. The summed E-state index contributed by atoms with van der Waals surface area (Å²) in [6.07, 6.45) is 15.4. The standard InChI is InChI=1S/C17H35NOS/c1-18-16-12-9-7-5-3-4-6-8-10-13-17(16)20-15-11-14-19-2/h16-18H,3-15H2,1-2H3. The van der Waals surface area contributed by atoms with E-state index in [4.69, 9.17) is 4.74 Å². The van der Waals surface area contributed by atoms with Gasteiger partial charge in [-0.05, 0) is 32.1 Å². The van der Waals surface area contributed by atoms with E-state index >= 15 is 0 Å². The lowest BCUT2D eigenvalue weighted by Gasteiger charge is -2.27. The molecule has 0 radical (unpaired) electrons.